The van der Waals surface area contributed by atoms with Crippen LogP contribution in [0.4, 0.5) is 0 Å². The molecule has 9 heteroatoms. The Morgan fingerprint density at radius 1 is 1.09 bits per heavy atom. The van der Waals surface area contributed by atoms with Crippen molar-refractivity contribution in [1.29, 1.82) is 0 Å². The molecule has 3 N–H and O–H groups in total. The number of hydrogen-bond acceptors (Lipinski definition) is 7. The van der Waals surface area contributed by atoms with Crippen molar-refractivity contribution in [3.05, 3.63) is 66.0 Å². The smallest absolute Gasteiger partial charge is 0.231 e. The highest BCUT2D eigenvalue weighted by molar-refractivity contribution is 5.79. The van der Waals surface area contributed by atoms with Crippen LogP contribution in [-0.2, 0) is 27.3 Å². The lowest BCUT2D eigenvalue weighted by molar-refractivity contribution is -0.128. The van der Waals surface area contributed by atoms with Crippen LogP contribution in [0.15, 0.2) is 54.9 Å². The van der Waals surface area contributed by atoms with Gasteiger partial charge < -0.3 is 30.0 Å². The number of aliphatic hydroxyl groups excluding tert-OH is 1. The molecule has 2 amide bonds. The molecular formula is C23H25N3O6. The van der Waals surface area contributed by atoms with Gasteiger partial charge in [-0.2, -0.15) is 0 Å². The molecular weight excluding hydrogens is 414 g/mol. The summed E-state index contributed by atoms with van der Waals surface area (Å²) in [5.74, 6) is 0.971. The summed E-state index contributed by atoms with van der Waals surface area (Å²) >= 11 is 0. The number of amides is 2. The van der Waals surface area contributed by atoms with E-state index in [0.29, 0.717) is 18.0 Å². The molecule has 0 saturated heterocycles. The zero-order chi connectivity index (χ0) is 22.3. The number of aromatic nitrogens is 1. The predicted octanol–water partition coefficient (Wildman–Crippen LogP) is 0.860. The summed E-state index contributed by atoms with van der Waals surface area (Å²) < 4.78 is 16.4. The Balaban J connectivity index is 1.25. The monoisotopic (exact) mass is 439 g/mol. The van der Waals surface area contributed by atoms with Crippen molar-refractivity contribution in [3.63, 3.8) is 0 Å². The van der Waals surface area contributed by atoms with Gasteiger partial charge in [0.05, 0.1) is 31.6 Å². The van der Waals surface area contributed by atoms with E-state index in [1.807, 2.05) is 24.3 Å². The standard InChI is InChI=1S/C23H25N3O6/c27-13-21-18(26-23(29)9-15-2-1-7-24-11-15)5-4-17(32-21)10-22(28)25-12-16-3-6-19-20(8-16)31-14-30-19/h1-8,11,17-18,21,27H,9-10,12-14H2,(H,25,28)(H,26,29)/t17-,18+,21+/m1/s1. The molecule has 3 heterocycles. The van der Waals surface area contributed by atoms with Crippen molar-refractivity contribution in [2.45, 2.75) is 37.6 Å². The molecule has 0 aliphatic carbocycles. The second kappa shape index (κ2) is 10.3. The normalized spacial score (nSPS) is 21.2. The lowest BCUT2D eigenvalue weighted by Gasteiger charge is -2.31. The van der Waals surface area contributed by atoms with Gasteiger partial charge in [0.1, 0.15) is 6.10 Å². The van der Waals surface area contributed by atoms with E-state index in [0.717, 1.165) is 11.1 Å². The van der Waals surface area contributed by atoms with Crippen LogP contribution >= 0.6 is 0 Å². The van der Waals surface area contributed by atoms with Crippen LogP contribution in [0, 0.1) is 0 Å². The van der Waals surface area contributed by atoms with E-state index in [-0.39, 0.29) is 38.1 Å². The Bertz CT molecular complexity index is 981. The Morgan fingerprint density at radius 2 is 1.97 bits per heavy atom. The van der Waals surface area contributed by atoms with Gasteiger partial charge in [0.25, 0.3) is 0 Å². The van der Waals surface area contributed by atoms with E-state index in [2.05, 4.69) is 15.6 Å². The highest BCUT2D eigenvalue weighted by Crippen LogP contribution is 2.32. The minimum Gasteiger partial charge on any atom is -0.454 e. The van der Waals surface area contributed by atoms with E-state index < -0.39 is 18.2 Å². The van der Waals surface area contributed by atoms with Crippen molar-refractivity contribution in [1.82, 2.24) is 15.6 Å². The van der Waals surface area contributed by atoms with Crippen LogP contribution in [0.5, 0.6) is 11.5 Å². The molecule has 0 radical (unpaired) electrons. The molecule has 1 aromatic heterocycles. The fourth-order valence-corrected chi connectivity index (χ4v) is 3.57. The fourth-order valence-electron chi connectivity index (χ4n) is 3.57. The summed E-state index contributed by atoms with van der Waals surface area (Å²) in [6, 6.07) is 8.63. The summed E-state index contributed by atoms with van der Waals surface area (Å²) in [7, 11) is 0. The fraction of sp³-hybridized carbons (Fsp3) is 0.348. The Hall–Kier alpha value is -3.43. The number of hydrogen-bond donors (Lipinski definition) is 3. The van der Waals surface area contributed by atoms with E-state index in [1.54, 1.807) is 30.6 Å². The van der Waals surface area contributed by atoms with Gasteiger partial charge in [0, 0.05) is 18.9 Å². The van der Waals surface area contributed by atoms with E-state index in [1.165, 1.54) is 0 Å². The Kier molecular flexibility index (Phi) is 6.98. The molecule has 0 spiro atoms. The number of nitrogens with zero attached hydrogens (tertiary/aromatic N) is 1. The average Bonchev–Trinajstić information content (AvgIpc) is 3.27. The minimum absolute atomic E-state index is 0.105. The van der Waals surface area contributed by atoms with Crippen LogP contribution in [0.2, 0.25) is 0 Å². The highest BCUT2D eigenvalue weighted by atomic mass is 16.7. The minimum atomic E-state index is -0.635. The van der Waals surface area contributed by atoms with Crippen LogP contribution in [0.1, 0.15) is 17.5 Å². The molecule has 2 aromatic rings. The summed E-state index contributed by atoms with van der Waals surface area (Å²) in [6.45, 7) is 0.271. The van der Waals surface area contributed by atoms with E-state index in [4.69, 9.17) is 14.2 Å². The van der Waals surface area contributed by atoms with Gasteiger partial charge in [-0.05, 0) is 29.3 Å². The molecule has 4 rings (SSSR count). The zero-order valence-electron chi connectivity index (χ0n) is 17.4. The topological polar surface area (TPSA) is 119 Å². The maximum Gasteiger partial charge on any atom is 0.231 e. The van der Waals surface area contributed by atoms with Crippen molar-refractivity contribution in [3.8, 4) is 11.5 Å². The van der Waals surface area contributed by atoms with Crippen LogP contribution < -0.4 is 20.1 Å². The predicted molar refractivity (Wildman–Crippen MR) is 114 cm³/mol. The number of benzene rings is 1. The largest absolute Gasteiger partial charge is 0.454 e. The first-order valence-corrected chi connectivity index (χ1v) is 10.4. The van der Waals surface area contributed by atoms with E-state index >= 15 is 0 Å². The first-order chi connectivity index (χ1) is 15.6. The molecule has 1 aromatic carbocycles. The highest BCUT2D eigenvalue weighted by Gasteiger charge is 2.29. The lowest BCUT2D eigenvalue weighted by atomic mass is 10.0. The first kappa shape index (κ1) is 21.8. The third-order valence-corrected chi connectivity index (χ3v) is 5.19. The number of carbonyl (C=O) groups excluding carboxylic acids is 2. The molecule has 9 nitrogen and oxygen atoms in total. The van der Waals surface area contributed by atoms with Crippen molar-refractivity contribution in [2.24, 2.45) is 0 Å². The van der Waals surface area contributed by atoms with Gasteiger partial charge in [0.2, 0.25) is 18.6 Å². The molecule has 0 fully saturated rings. The maximum absolute atomic E-state index is 12.4. The summed E-state index contributed by atoms with van der Waals surface area (Å²) in [5.41, 5.74) is 1.69. The van der Waals surface area contributed by atoms with Gasteiger partial charge in [-0.25, -0.2) is 0 Å². The summed E-state index contributed by atoms with van der Waals surface area (Å²) in [6.07, 6.45) is 5.94. The molecule has 168 valence electrons. The number of pyridine rings is 1. The summed E-state index contributed by atoms with van der Waals surface area (Å²) in [5, 5.41) is 15.4. The Morgan fingerprint density at radius 3 is 2.78 bits per heavy atom. The second-order valence-electron chi connectivity index (χ2n) is 7.58. The van der Waals surface area contributed by atoms with Crippen LogP contribution in [0.25, 0.3) is 0 Å². The van der Waals surface area contributed by atoms with Gasteiger partial charge >= 0.3 is 0 Å². The SMILES string of the molecule is O=C(C[C@H]1C=C[C@H](NC(=O)Cc2cccnc2)[C@H](CO)O1)NCc1ccc2c(c1)OCO2. The number of rotatable bonds is 8. The van der Waals surface area contributed by atoms with E-state index in [9.17, 15) is 14.7 Å². The molecule has 0 bridgehead atoms. The number of nitrogens with one attached hydrogen (secondary N) is 2. The number of fused-ring (bicyclic) bond motifs is 1. The molecule has 3 atom stereocenters. The third kappa shape index (κ3) is 5.63. The van der Waals surface area contributed by atoms with Gasteiger partial charge in [-0.15, -0.1) is 0 Å². The Labute approximate surface area is 185 Å². The second-order valence-corrected chi connectivity index (χ2v) is 7.58. The van der Waals surface area contributed by atoms with Crippen molar-refractivity contribution >= 4 is 11.8 Å². The maximum atomic E-state index is 12.4. The quantitative estimate of drug-likeness (QED) is 0.522. The van der Waals surface area contributed by atoms with Gasteiger partial charge in [-0.1, -0.05) is 24.3 Å². The molecule has 2 aliphatic heterocycles. The van der Waals surface area contributed by atoms with Crippen LogP contribution in [-0.4, -0.2) is 53.6 Å². The first-order valence-electron chi connectivity index (χ1n) is 10.4. The lowest BCUT2D eigenvalue weighted by Crippen LogP contribution is -2.49. The van der Waals surface area contributed by atoms with Gasteiger partial charge in [0.15, 0.2) is 11.5 Å². The van der Waals surface area contributed by atoms with Crippen molar-refractivity contribution in [2.75, 3.05) is 13.4 Å². The number of ether oxygens (including phenoxy) is 3. The third-order valence-electron chi connectivity index (χ3n) is 5.19. The molecule has 0 unspecified atom stereocenters. The van der Waals surface area contributed by atoms with Crippen LogP contribution in [0.3, 0.4) is 0 Å². The number of carbonyl (C=O) groups is 2. The zero-order valence-corrected chi connectivity index (χ0v) is 17.4. The summed E-state index contributed by atoms with van der Waals surface area (Å²) in [4.78, 5) is 28.7. The average molecular weight is 439 g/mol. The molecule has 2 aliphatic rings. The van der Waals surface area contributed by atoms with Gasteiger partial charge in [-0.3, -0.25) is 14.6 Å². The number of aliphatic hydroxyl groups is 1. The molecule has 0 saturated carbocycles. The molecule has 32 heavy (non-hydrogen) atoms. The van der Waals surface area contributed by atoms with Crippen molar-refractivity contribution < 1.29 is 28.9 Å².